The zero-order valence-corrected chi connectivity index (χ0v) is 12.3. The van der Waals surface area contributed by atoms with Crippen LogP contribution in [0.4, 0.5) is 0 Å². The summed E-state index contributed by atoms with van der Waals surface area (Å²) in [7, 11) is 1.65. The molecule has 0 spiro atoms. The first kappa shape index (κ1) is 14.1. The highest BCUT2D eigenvalue weighted by atomic mass is 16.5. The first-order chi connectivity index (χ1) is 10.8. The van der Waals surface area contributed by atoms with E-state index in [2.05, 4.69) is 10.1 Å². The van der Waals surface area contributed by atoms with Gasteiger partial charge in [0.1, 0.15) is 5.75 Å². The highest BCUT2D eigenvalue weighted by Gasteiger charge is 2.05. The Bertz CT molecular complexity index is 746. The van der Waals surface area contributed by atoms with Gasteiger partial charge in [0.2, 0.25) is 0 Å². The predicted molar refractivity (Wildman–Crippen MR) is 85.5 cm³/mol. The molecule has 0 aliphatic carbocycles. The van der Waals surface area contributed by atoms with Crippen LogP contribution in [0.5, 0.6) is 5.75 Å². The lowest BCUT2D eigenvalue weighted by Gasteiger charge is -2.00. The van der Waals surface area contributed by atoms with Gasteiger partial charge in [-0.05, 0) is 29.3 Å². The van der Waals surface area contributed by atoms with Crippen molar-refractivity contribution < 1.29 is 9.26 Å². The molecule has 0 unspecified atom stereocenters. The molecule has 2 aromatic carbocycles. The maximum Gasteiger partial charge on any atom is 0.250 e. The Morgan fingerprint density at radius 3 is 2.50 bits per heavy atom. The molecule has 0 aliphatic heterocycles. The Morgan fingerprint density at radius 1 is 1.00 bits per heavy atom. The number of hydrogen-bond acceptors (Lipinski definition) is 4. The molecule has 0 amide bonds. The molecule has 0 radical (unpaired) electrons. The van der Waals surface area contributed by atoms with Crippen molar-refractivity contribution in [2.45, 2.75) is 6.42 Å². The quantitative estimate of drug-likeness (QED) is 0.717. The number of hydrogen-bond donors (Lipinski definition) is 0. The SMILES string of the molecule is COc1ccc(Cc2noc(/C=C/c3ccccc3)n2)cc1. The van der Waals surface area contributed by atoms with Gasteiger partial charge in [-0.2, -0.15) is 4.98 Å². The van der Waals surface area contributed by atoms with Gasteiger partial charge < -0.3 is 9.26 Å². The number of benzene rings is 2. The summed E-state index contributed by atoms with van der Waals surface area (Å²) in [5, 5.41) is 4.00. The van der Waals surface area contributed by atoms with Crippen molar-refractivity contribution >= 4 is 12.2 Å². The summed E-state index contributed by atoms with van der Waals surface area (Å²) in [5.74, 6) is 2.01. The standard InChI is InChI=1S/C18H16N2O2/c1-21-16-10-7-15(8-11-16)13-17-19-18(22-20-17)12-9-14-5-3-2-4-6-14/h2-12H,13H2,1H3/b12-9+. The van der Waals surface area contributed by atoms with E-state index in [1.54, 1.807) is 7.11 Å². The first-order valence-corrected chi connectivity index (χ1v) is 7.02. The van der Waals surface area contributed by atoms with Crippen molar-refractivity contribution in [3.8, 4) is 5.75 Å². The van der Waals surface area contributed by atoms with Crippen LogP contribution in [0.25, 0.3) is 12.2 Å². The van der Waals surface area contributed by atoms with Gasteiger partial charge >= 0.3 is 0 Å². The molecule has 0 N–H and O–H groups in total. The van der Waals surface area contributed by atoms with E-state index < -0.39 is 0 Å². The van der Waals surface area contributed by atoms with Crippen LogP contribution in [-0.4, -0.2) is 17.3 Å². The summed E-state index contributed by atoms with van der Waals surface area (Å²) in [4.78, 5) is 4.37. The third-order valence-corrected chi connectivity index (χ3v) is 3.22. The van der Waals surface area contributed by atoms with E-state index >= 15 is 0 Å². The fourth-order valence-electron chi connectivity index (χ4n) is 2.06. The predicted octanol–water partition coefficient (Wildman–Crippen LogP) is 3.84. The van der Waals surface area contributed by atoms with Crippen LogP contribution in [0.15, 0.2) is 59.1 Å². The van der Waals surface area contributed by atoms with E-state index in [0.29, 0.717) is 18.1 Å². The molecular formula is C18H16N2O2. The maximum atomic E-state index is 5.23. The fraction of sp³-hybridized carbons (Fsp3) is 0.111. The second kappa shape index (κ2) is 6.72. The number of methoxy groups -OCH3 is 1. The second-order valence-corrected chi connectivity index (χ2v) is 4.82. The monoisotopic (exact) mass is 292 g/mol. The van der Waals surface area contributed by atoms with E-state index in [-0.39, 0.29) is 0 Å². The van der Waals surface area contributed by atoms with E-state index in [0.717, 1.165) is 16.9 Å². The number of aromatic nitrogens is 2. The lowest BCUT2D eigenvalue weighted by atomic mass is 10.1. The second-order valence-electron chi connectivity index (χ2n) is 4.82. The van der Waals surface area contributed by atoms with Crippen LogP contribution in [-0.2, 0) is 6.42 Å². The molecule has 110 valence electrons. The Balaban J connectivity index is 1.67. The van der Waals surface area contributed by atoms with Crippen LogP contribution in [0.1, 0.15) is 22.8 Å². The van der Waals surface area contributed by atoms with Gasteiger partial charge in [0, 0.05) is 12.5 Å². The lowest BCUT2D eigenvalue weighted by molar-refractivity contribution is 0.404. The van der Waals surface area contributed by atoms with Crippen LogP contribution in [0.3, 0.4) is 0 Å². The minimum atomic E-state index is 0.507. The molecule has 0 fully saturated rings. The highest BCUT2D eigenvalue weighted by molar-refractivity contribution is 5.65. The summed E-state index contributed by atoms with van der Waals surface area (Å²) in [6.45, 7) is 0. The molecule has 4 heteroatoms. The Hall–Kier alpha value is -2.88. The van der Waals surface area contributed by atoms with Gasteiger partial charge in [0.25, 0.3) is 5.89 Å². The molecule has 0 aliphatic rings. The third kappa shape index (κ3) is 3.61. The van der Waals surface area contributed by atoms with Crippen molar-refractivity contribution in [2.24, 2.45) is 0 Å². The van der Waals surface area contributed by atoms with Crippen molar-refractivity contribution in [1.82, 2.24) is 10.1 Å². The van der Waals surface area contributed by atoms with Gasteiger partial charge in [0.05, 0.1) is 7.11 Å². The van der Waals surface area contributed by atoms with Crippen molar-refractivity contribution in [2.75, 3.05) is 7.11 Å². The smallest absolute Gasteiger partial charge is 0.250 e. The van der Waals surface area contributed by atoms with E-state index in [1.807, 2.05) is 66.7 Å². The Morgan fingerprint density at radius 2 is 1.77 bits per heavy atom. The molecule has 0 atom stereocenters. The molecule has 0 saturated carbocycles. The molecule has 3 aromatic rings. The van der Waals surface area contributed by atoms with E-state index in [1.165, 1.54) is 0 Å². The summed E-state index contributed by atoms with van der Waals surface area (Å²) >= 11 is 0. The number of nitrogens with zero attached hydrogens (tertiary/aromatic N) is 2. The summed E-state index contributed by atoms with van der Waals surface area (Å²) in [6, 6.07) is 17.8. The highest BCUT2D eigenvalue weighted by Crippen LogP contribution is 2.14. The van der Waals surface area contributed by atoms with Gasteiger partial charge in [0.15, 0.2) is 5.82 Å². The van der Waals surface area contributed by atoms with Crippen molar-refractivity contribution in [1.29, 1.82) is 0 Å². The zero-order chi connectivity index (χ0) is 15.2. The van der Waals surface area contributed by atoms with Crippen LogP contribution >= 0.6 is 0 Å². The minimum Gasteiger partial charge on any atom is -0.497 e. The molecule has 4 nitrogen and oxygen atoms in total. The average Bonchev–Trinajstić information content (AvgIpc) is 3.02. The topological polar surface area (TPSA) is 48.2 Å². The molecule has 0 saturated heterocycles. The van der Waals surface area contributed by atoms with Gasteiger partial charge in [-0.1, -0.05) is 47.6 Å². The third-order valence-electron chi connectivity index (χ3n) is 3.22. The van der Waals surface area contributed by atoms with Gasteiger partial charge in [-0.15, -0.1) is 0 Å². The minimum absolute atomic E-state index is 0.507. The number of rotatable bonds is 5. The van der Waals surface area contributed by atoms with Crippen molar-refractivity contribution in [3.63, 3.8) is 0 Å². The van der Waals surface area contributed by atoms with Crippen LogP contribution < -0.4 is 4.74 Å². The number of ether oxygens (including phenoxy) is 1. The van der Waals surface area contributed by atoms with E-state index in [9.17, 15) is 0 Å². The molecule has 1 aromatic heterocycles. The average molecular weight is 292 g/mol. The fourth-order valence-corrected chi connectivity index (χ4v) is 2.06. The molecule has 0 bridgehead atoms. The maximum absolute atomic E-state index is 5.23. The Kier molecular flexibility index (Phi) is 4.30. The molecule has 3 rings (SSSR count). The van der Waals surface area contributed by atoms with Crippen LogP contribution in [0, 0.1) is 0 Å². The van der Waals surface area contributed by atoms with Crippen LogP contribution in [0.2, 0.25) is 0 Å². The lowest BCUT2D eigenvalue weighted by Crippen LogP contribution is -1.91. The van der Waals surface area contributed by atoms with E-state index in [4.69, 9.17) is 9.26 Å². The van der Waals surface area contributed by atoms with Gasteiger partial charge in [-0.25, -0.2) is 0 Å². The molecular weight excluding hydrogens is 276 g/mol. The first-order valence-electron chi connectivity index (χ1n) is 7.02. The zero-order valence-electron chi connectivity index (χ0n) is 12.3. The normalized spacial score (nSPS) is 11.0. The van der Waals surface area contributed by atoms with Crippen molar-refractivity contribution in [3.05, 3.63) is 77.4 Å². The summed E-state index contributed by atoms with van der Waals surface area (Å²) in [6.07, 6.45) is 4.40. The molecule has 1 heterocycles. The summed E-state index contributed by atoms with van der Waals surface area (Å²) < 4.78 is 10.4. The molecule has 22 heavy (non-hydrogen) atoms. The summed E-state index contributed by atoms with van der Waals surface area (Å²) in [5.41, 5.74) is 2.21. The largest absolute Gasteiger partial charge is 0.497 e. The van der Waals surface area contributed by atoms with Gasteiger partial charge in [-0.3, -0.25) is 0 Å². The Labute approximate surface area is 129 Å².